The summed E-state index contributed by atoms with van der Waals surface area (Å²) in [6.07, 6.45) is 29.6. The molecule has 7 atom stereocenters. The third kappa shape index (κ3) is 28.6. The van der Waals surface area contributed by atoms with E-state index in [9.17, 15) is 34.4 Å². The van der Waals surface area contributed by atoms with Crippen molar-refractivity contribution in [3.05, 3.63) is 60.8 Å². The number of hydrogen-bond donors (Lipinski definition) is 3. The molecular formula is C44H76NO11P. The molecule has 57 heavy (non-hydrogen) atoms. The predicted molar refractivity (Wildman–Crippen MR) is 224 cm³/mol. The van der Waals surface area contributed by atoms with Gasteiger partial charge in [0.15, 0.2) is 6.10 Å². The molecule has 12 nitrogen and oxygen atoms in total. The molecule has 0 amide bonds. The lowest BCUT2D eigenvalue weighted by atomic mass is 9.89. The number of rotatable bonds is 33. The van der Waals surface area contributed by atoms with Gasteiger partial charge in [-0.25, -0.2) is 0 Å². The maximum Gasteiger partial charge on any atom is 0.309 e. The first-order valence-electron chi connectivity index (χ1n) is 21.3. The van der Waals surface area contributed by atoms with Crippen molar-refractivity contribution in [1.82, 2.24) is 0 Å². The molecule has 1 saturated carbocycles. The molecule has 0 saturated heterocycles. The number of phosphoric ester groups is 1. The number of hydrogen-bond acceptors (Lipinski definition) is 11. The molecule has 3 N–H and O–H groups in total. The van der Waals surface area contributed by atoms with E-state index in [1.807, 2.05) is 21.1 Å². The highest BCUT2D eigenvalue weighted by Gasteiger charge is 2.39. The van der Waals surface area contributed by atoms with E-state index < -0.39 is 57.4 Å². The van der Waals surface area contributed by atoms with Crippen LogP contribution in [-0.2, 0) is 32.7 Å². The first-order chi connectivity index (χ1) is 27.2. The van der Waals surface area contributed by atoms with Crippen LogP contribution in [0.3, 0.4) is 0 Å². The van der Waals surface area contributed by atoms with Crippen LogP contribution in [0.5, 0.6) is 0 Å². The average molecular weight is 826 g/mol. The smallest absolute Gasteiger partial charge is 0.309 e. The van der Waals surface area contributed by atoms with Crippen LogP contribution in [-0.4, -0.2) is 104 Å². The second-order valence-electron chi connectivity index (χ2n) is 16.0. The van der Waals surface area contributed by atoms with E-state index >= 15 is 0 Å². The van der Waals surface area contributed by atoms with Crippen molar-refractivity contribution in [1.29, 1.82) is 0 Å². The Kier molecular flexibility index (Phi) is 29.1. The van der Waals surface area contributed by atoms with E-state index in [0.717, 1.165) is 51.4 Å². The van der Waals surface area contributed by atoms with Crippen molar-refractivity contribution in [3.8, 4) is 0 Å². The van der Waals surface area contributed by atoms with Crippen LogP contribution in [0, 0.1) is 11.8 Å². The van der Waals surface area contributed by atoms with Crippen molar-refractivity contribution in [2.24, 2.45) is 11.8 Å². The van der Waals surface area contributed by atoms with Gasteiger partial charge in [0.2, 0.25) is 0 Å². The Labute approximate surface area is 343 Å². The normalized spacial score (nSPS) is 21.4. The topological polar surface area (TPSA) is 172 Å². The van der Waals surface area contributed by atoms with Gasteiger partial charge in [0.25, 0.3) is 7.82 Å². The van der Waals surface area contributed by atoms with Gasteiger partial charge in [-0.15, -0.1) is 0 Å². The van der Waals surface area contributed by atoms with E-state index in [2.05, 4.69) is 50.3 Å². The van der Waals surface area contributed by atoms with Crippen molar-refractivity contribution in [2.45, 2.75) is 147 Å². The van der Waals surface area contributed by atoms with Gasteiger partial charge < -0.3 is 43.2 Å². The van der Waals surface area contributed by atoms with E-state index in [0.29, 0.717) is 30.3 Å². The Balaban J connectivity index is 2.62. The Morgan fingerprint density at radius 1 is 0.807 bits per heavy atom. The van der Waals surface area contributed by atoms with Crippen LogP contribution >= 0.6 is 7.82 Å². The predicted octanol–water partition coefficient (Wildman–Crippen LogP) is 7.43. The summed E-state index contributed by atoms with van der Waals surface area (Å²) in [4.78, 5) is 37.7. The molecule has 0 aromatic carbocycles. The van der Waals surface area contributed by atoms with Crippen molar-refractivity contribution < 1.29 is 57.4 Å². The van der Waals surface area contributed by atoms with Crippen molar-refractivity contribution >= 4 is 19.8 Å². The minimum atomic E-state index is -4.72. The molecule has 0 aliphatic heterocycles. The minimum absolute atomic E-state index is 0.0911. The third-order valence-corrected chi connectivity index (χ3v) is 10.6. The molecule has 1 unspecified atom stereocenters. The molecule has 0 bridgehead atoms. The quantitative estimate of drug-likeness (QED) is 0.0198. The first kappa shape index (κ1) is 52.6. The maximum atomic E-state index is 12.7. The van der Waals surface area contributed by atoms with Gasteiger partial charge in [-0.3, -0.25) is 14.2 Å². The fraction of sp³-hybridized carbons (Fsp3) is 0.727. The Bertz CT molecular complexity index is 1280. The molecule has 1 aliphatic carbocycles. The van der Waals surface area contributed by atoms with Gasteiger partial charge >= 0.3 is 11.9 Å². The molecule has 0 spiro atoms. The zero-order valence-corrected chi connectivity index (χ0v) is 36.5. The number of esters is 2. The lowest BCUT2D eigenvalue weighted by molar-refractivity contribution is -0.870. The summed E-state index contributed by atoms with van der Waals surface area (Å²) >= 11 is 0. The summed E-state index contributed by atoms with van der Waals surface area (Å²) in [6.45, 7) is 3.64. The highest BCUT2D eigenvalue weighted by Crippen LogP contribution is 2.38. The third-order valence-electron chi connectivity index (χ3n) is 9.61. The first-order valence-corrected chi connectivity index (χ1v) is 22.7. The Morgan fingerprint density at radius 3 is 2.09 bits per heavy atom. The highest BCUT2D eigenvalue weighted by molar-refractivity contribution is 7.45. The monoisotopic (exact) mass is 826 g/mol. The number of quaternary nitrogens is 1. The number of allylic oxidation sites excluding steroid dienone is 7. The minimum Gasteiger partial charge on any atom is -0.756 e. The Hall–Kier alpha value is -2.41. The summed E-state index contributed by atoms with van der Waals surface area (Å²) in [6, 6.07) is 0. The summed E-state index contributed by atoms with van der Waals surface area (Å²) in [7, 11) is 0.959. The van der Waals surface area contributed by atoms with Crippen LogP contribution < -0.4 is 4.89 Å². The molecule has 0 heterocycles. The molecule has 1 rings (SSSR count). The largest absolute Gasteiger partial charge is 0.756 e. The van der Waals surface area contributed by atoms with Gasteiger partial charge in [0, 0.05) is 18.8 Å². The fourth-order valence-electron chi connectivity index (χ4n) is 6.16. The molecule has 1 fully saturated rings. The molecule has 0 aromatic rings. The van der Waals surface area contributed by atoms with Gasteiger partial charge in [-0.05, 0) is 63.7 Å². The number of likely N-dealkylation sites (N-methyl/N-ethyl adjacent to an activating group) is 1. The molecule has 13 heteroatoms. The number of aliphatic hydroxyl groups excluding tert-OH is 3. The van der Waals surface area contributed by atoms with Crippen molar-refractivity contribution in [2.75, 3.05) is 47.5 Å². The summed E-state index contributed by atoms with van der Waals surface area (Å²) < 4.78 is 33.7. The molecule has 328 valence electrons. The van der Waals surface area contributed by atoms with Gasteiger partial charge in [-0.1, -0.05) is 107 Å². The number of carbonyl (C=O) groups is 2. The number of nitrogens with zero attached hydrogens (tertiary/aromatic N) is 1. The Morgan fingerprint density at radius 2 is 1.44 bits per heavy atom. The van der Waals surface area contributed by atoms with E-state index in [-0.39, 0.29) is 37.7 Å². The van der Waals surface area contributed by atoms with Gasteiger partial charge in [0.05, 0.1) is 52.5 Å². The van der Waals surface area contributed by atoms with Crippen LogP contribution in [0.1, 0.15) is 123 Å². The number of unbranched alkanes of at least 4 members (excludes halogenated alkanes) is 7. The van der Waals surface area contributed by atoms with E-state index in [1.54, 1.807) is 24.3 Å². The number of carbonyl (C=O) groups excluding carboxylic acids is 2. The van der Waals surface area contributed by atoms with Crippen LogP contribution in [0.15, 0.2) is 60.8 Å². The van der Waals surface area contributed by atoms with Crippen LogP contribution in [0.2, 0.25) is 0 Å². The zero-order chi connectivity index (χ0) is 42.4. The van der Waals surface area contributed by atoms with Crippen LogP contribution in [0.4, 0.5) is 0 Å². The number of aliphatic hydroxyl groups is 3. The number of phosphoric acid groups is 1. The molecular weight excluding hydrogens is 749 g/mol. The molecule has 0 radical (unpaired) electrons. The van der Waals surface area contributed by atoms with Crippen LogP contribution in [0.25, 0.3) is 0 Å². The highest BCUT2D eigenvalue weighted by atomic mass is 31.2. The second-order valence-corrected chi connectivity index (χ2v) is 17.4. The fourth-order valence-corrected chi connectivity index (χ4v) is 6.89. The maximum absolute atomic E-state index is 12.7. The summed E-state index contributed by atoms with van der Waals surface area (Å²) in [5, 5.41) is 31.3. The summed E-state index contributed by atoms with van der Waals surface area (Å²) in [5.41, 5.74) is 0. The average Bonchev–Trinajstić information content (AvgIpc) is 3.42. The lowest BCUT2D eigenvalue weighted by Gasteiger charge is -2.28. The van der Waals surface area contributed by atoms with Gasteiger partial charge in [-0.2, -0.15) is 0 Å². The summed E-state index contributed by atoms with van der Waals surface area (Å²) in [5.74, 6) is -1.80. The van der Waals surface area contributed by atoms with E-state index in [4.69, 9.17) is 18.5 Å². The van der Waals surface area contributed by atoms with Crippen molar-refractivity contribution in [3.63, 3.8) is 0 Å². The lowest BCUT2D eigenvalue weighted by Crippen LogP contribution is -2.37. The number of ether oxygens (including phenoxy) is 2. The SMILES string of the molecule is CCCCC/C=C\C/C=C\C/C=C\CCCCC(=O)O[C@H](COC(=O)C/C=C\C[C@H]1[C@@H](/C=C/[C@H](O)CCCCC)[C@H](O)C[C@@H]1O)COP(=O)([O-])OCC[N+](C)(C)C. The second kappa shape index (κ2) is 31.5. The van der Waals surface area contributed by atoms with E-state index in [1.165, 1.54) is 19.3 Å². The standard InChI is InChI=1S/C44H76NO11P/c1-6-8-10-11-12-13-14-15-16-17-18-19-20-21-23-29-44(50)56-38(36-55-57(51,52)54-33-32-45(3,4)5)35-53-43(49)28-25-24-27-39-40(42(48)34-41(39)47)31-30-37(46)26-22-9-7-2/h12-13,15-16,18-19,24-25,30-31,37-42,46-48H,6-11,14,17,20-23,26-29,32-36H2,1-5H3/b13-12-,16-15-,19-18-,25-24-,31-30+/t37-,38-,39+,40-,41+,42-/m1/s1. The van der Waals surface area contributed by atoms with Gasteiger partial charge in [0.1, 0.15) is 19.8 Å². The zero-order valence-electron chi connectivity index (χ0n) is 35.6. The molecule has 0 aromatic heterocycles. The molecule has 1 aliphatic rings.